The lowest BCUT2D eigenvalue weighted by atomic mass is 10.1. The Hall–Kier alpha value is -1.86. The largest absolute Gasteiger partial charge is 0.341 e. The Labute approximate surface area is 130 Å². The zero-order valence-corrected chi connectivity index (χ0v) is 12.9. The molecule has 0 amide bonds. The number of carbonyl (C=O) groups is 1. The number of carbonyl (C=O) groups excluding carboxylic acids is 1. The molecule has 0 aliphatic carbocycles. The summed E-state index contributed by atoms with van der Waals surface area (Å²) < 4.78 is 0. The highest BCUT2D eigenvalue weighted by Crippen LogP contribution is 2.23. The molecule has 2 aromatic heterocycles. The highest BCUT2D eigenvalue weighted by molar-refractivity contribution is 8.00. The topological polar surface area (TPSA) is 71.5 Å². The second-order valence-electron chi connectivity index (χ2n) is 4.22. The van der Waals surface area contributed by atoms with Gasteiger partial charge in [-0.3, -0.25) is 4.79 Å². The van der Waals surface area contributed by atoms with Crippen LogP contribution in [0.2, 0.25) is 0 Å². The molecular weight excluding hydrogens is 304 g/mol. The summed E-state index contributed by atoms with van der Waals surface area (Å²) in [5.74, 6) is 0.419. The highest BCUT2D eigenvalue weighted by Gasteiger charge is 2.11. The number of ketones is 1. The summed E-state index contributed by atoms with van der Waals surface area (Å²) in [6.07, 6.45) is 5.05. The van der Waals surface area contributed by atoms with E-state index in [1.807, 2.05) is 30.5 Å². The molecule has 2 heterocycles. The number of hydrogen-bond donors (Lipinski definition) is 1. The molecule has 0 spiro atoms. The number of nitrogens with zero attached hydrogens (tertiary/aromatic N) is 3. The maximum Gasteiger partial charge on any atom is 0.181 e. The number of aromatic nitrogens is 4. The molecular formula is C14H12N4OS2. The van der Waals surface area contributed by atoms with Crippen molar-refractivity contribution in [1.29, 1.82) is 0 Å². The number of thioether (sulfide) groups is 2. The summed E-state index contributed by atoms with van der Waals surface area (Å²) in [4.78, 5) is 28.7. The Morgan fingerprint density at radius 2 is 2.00 bits per heavy atom. The van der Waals surface area contributed by atoms with Gasteiger partial charge < -0.3 is 4.98 Å². The van der Waals surface area contributed by atoms with Crippen molar-refractivity contribution in [3.8, 4) is 0 Å². The van der Waals surface area contributed by atoms with Gasteiger partial charge in [-0.2, -0.15) is 0 Å². The minimum absolute atomic E-state index is 0.0823. The Morgan fingerprint density at radius 1 is 1.19 bits per heavy atom. The molecule has 0 aliphatic rings. The van der Waals surface area contributed by atoms with E-state index in [0.29, 0.717) is 11.4 Å². The first-order valence-corrected chi connectivity index (χ1v) is 8.43. The standard InChI is InChI=1S/C14H12N4OS2/c1-20-10-4-2-9(3-5-10)11(19)6-21-14-12-13(16-7-15-12)17-8-18-14/h2-5,7-8H,6H2,1H3,(H,15,16,17,18). The quantitative estimate of drug-likeness (QED) is 0.443. The van der Waals surface area contributed by atoms with Crippen LogP contribution in [0.15, 0.2) is 46.8 Å². The van der Waals surface area contributed by atoms with Crippen molar-refractivity contribution in [3.63, 3.8) is 0 Å². The van der Waals surface area contributed by atoms with Crippen LogP contribution in [0.3, 0.4) is 0 Å². The van der Waals surface area contributed by atoms with Gasteiger partial charge in [-0.15, -0.1) is 11.8 Å². The normalized spacial score (nSPS) is 10.9. The molecule has 0 bridgehead atoms. The van der Waals surface area contributed by atoms with Crippen LogP contribution in [0, 0.1) is 0 Å². The van der Waals surface area contributed by atoms with Crippen LogP contribution in [0.25, 0.3) is 11.2 Å². The molecule has 106 valence electrons. The van der Waals surface area contributed by atoms with Crippen molar-refractivity contribution < 1.29 is 4.79 Å². The van der Waals surface area contributed by atoms with Crippen molar-refractivity contribution in [2.45, 2.75) is 9.92 Å². The fraction of sp³-hybridized carbons (Fsp3) is 0.143. The van der Waals surface area contributed by atoms with Gasteiger partial charge in [0.25, 0.3) is 0 Å². The van der Waals surface area contributed by atoms with Crippen molar-refractivity contribution >= 4 is 40.5 Å². The predicted octanol–water partition coefficient (Wildman–Crippen LogP) is 3.05. The summed E-state index contributed by atoms with van der Waals surface area (Å²) >= 11 is 3.05. The van der Waals surface area contributed by atoms with Crippen LogP contribution in [-0.2, 0) is 0 Å². The molecule has 21 heavy (non-hydrogen) atoms. The molecule has 0 unspecified atom stereocenters. The summed E-state index contributed by atoms with van der Waals surface area (Å²) in [6, 6.07) is 7.64. The number of rotatable bonds is 5. The van der Waals surface area contributed by atoms with Crippen LogP contribution in [0.5, 0.6) is 0 Å². The third-order valence-electron chi connectivity index (χ3n) is 2.94. The maximum atomic E-state index is 12.2. The van der Waals surface area contributed by atoms with E-state index in [1.54, 1.807) is 18.1 Å². The molecule has 3 aromatic rings. The second kappa shape index (κ2) is 6.28. The lowest BCUT2D eigenvalue weighted by molar-refractivity contribution is 0.102. The summed E-state index contributed by atoms with van der Waals surface area (Å²) in [7, 11) is 0. The van der Waals surface area contributed by atoms with E-state index in [4.69, 9.17) is 0 Å². The van der Waals surface area contributed by atoms with Crippen LogP contribution in [0.4, 0.5) is 0 Å². The van der Waals surface area contributed by atoms with E-state index in [9.17, 15) is 4.79 Å². The average Bonchev–Trinajstić information content (AvgIpc) is 3.02. The number of nitrogens with one attached hydrogen (secondary N) is 1. The van der Waals surface area contributed by atoms with Crippen LogP contribution >= 0.6 is 23.5 Å². The maximum absolute atomic E-state index is 12.2. The number of fused-ring (bicyclic) bond motifs is 1. The SMILES string of the molecule is CSc1ccc(C(=O)CSc2ncnc3nc[nH]c23)cc1. The fourth-order valence-electron chi connectivity index (χ4n) is 1.85. The number of hydrogen-bond acceptors (Lipinski definition) is 6. The molecule has 5 nitrogen and oxygen atoms in total. The molecule has 0 radical (unpaired) electrons. The van der Waals surface area contributed by atoms with E-state index in [2.05, 4.69) is 19.9 Å². The smallest absolute Gasteiger partial charge is 0.181 e. The molecule has 0 fully saturated rings. The Balaban J connectivity index is 1.71. The van der Waals surface area contributed by atoms with Crippen LogP contribution in [-0.4, -0.2) is 37.7 Å². The van der Waals surface area contributed by atoms with Crippen molar-refractivity contribution in [2.75, 3.05) is 12.0 Å². The zero-order valence-electron chi connectivity index (χ0n) is 11.2. The first-order valence-electron chi connectivity index (χ1n) is 6.22. The molecule has 3 rings (SSSR count). The lowest BCUT2D eigenvalue weighted by Crippen LogP contribution is -2.02. The first kappa shape index (κ1) is 14.1. The van der Waals surface area contributed by atoms with Crippen molar-refractivity contribution in [1.82, 2.24) is 19.9 Å². The number of benzene rings is 1. The van der Waals surface area contributed by atoms with E-state index in [0.717, 1.165) is 21.0 Å². The Bertz CT molecular complexity index is 770. The lowest BCUT2D eigenvalue weighted by Gasteiger charge is -2.03. The number of H-pyrrole nitrogens is 1. The van der Waals surface area contributed by atoms with Gasteiger partial charge in [0.1, 0.15) is 16.9 Å². The predicted molar refractivity (Wildman–Crippen MR) is 85.0 cm³/mol. The van der Waals surface area contributed by atoms with Gasteiger partial charge in [0.15, 0.2) is 11.4 Å². The Morgan fingerprint density at radius 3 is 2.76 bits per heavy atom. The van der Waals surface area contributed by atoms with E-state index in [-0.39, 0.29) is 5.78 Å². The number of aromatic amines is 1. The van der Waals surface area contributed by atoms with Gasteiger partial charge in [0.2, 0.25) is 0 Å². The minimum atomic E-state index is 0.0823. The van der Waals surface area contributed by atoms with Crippen LogP contribution in [0.1, 0.15) is 10.4 Å². The molecule has 0 saturated heterocycles. The van der Waals surface area contributed by atoms with E-state index < -0.39 is 0 Å². The molecule has 0 atom stereocenters. The third kappa shape index (κ3) is 3.08. The average molecular weight is 316 g/mol. The third-order valence-corrected chi connectivity index (χ3v) is 4.67. The molecule has 0 saturated carbocycles. The first-order chi connectivity index (χ1) is 10.3. The zero-order chi connectivity index (χ0) is 14.7. The highest BCUT2D eigenvalue weighted by atomic mass is 32.2. The molecule has 1 N–H and O–H groups in total. The second-order valence-corrected chi connectivity index (χ2v) is 6.06. The van der Waals surface area contributed by atoms with Gasteiger partial charge >= 0.3 is 0 Å². The summed E-state index contributed by atoms with van der Waals surface area (Å²) in [6.45, 7) is 0. The van der Waals surface area contributed by atoms with Gasteiger partial charge in [-0.05, 0) is 18.4 Å². The number of Topliss-reactive ketones (excluding diaryl/α,β-unsaturated/α-hetero) is 1. The monoisotopic (exact) mass is 316 g/mol. The van der Waals surface area contributed by atoms with Gasteiger partial charge in [0.05, 0.1) is 12.1 Å². The van der Waals surface area contributed by atoms with E-state index >= 15 is 0 Å². The molecule has 1 aromatic carbocycles. The van der Waals surface area contributed by atoms with Crippen molar-refractivity contribution in [3.05, 3.63) is 42.5 Å². The minimum Gasteiger partial charge on any atom is -0.341 e. The fourth-order valence-corrected chi connectivity index (χ4v) is 3.11. The summed E-state index contributed by atoms with van der Waals surface area (Å²) in [5, 5.41) is 0.742. The van der Waals surface area contributed by atoms with E-state index in [1.165, 1.54) is 18.1 Å². The summed E-state index contributed by atoms with van der Waals surface area (Å²) in [5.41, 5.74) is 2.10. The van der Waals surface area contributed by atoms with Crippen molar-refractivity contribution in [2.24, 2.45) is 0 Å². The van der Waals surface area contributed by atoms with Gasteiger partial charge in [0, 0.05) is 10.5 Å². The molecule has 7 heteroatoms. The van der Waals surface area contributed by atoms with Gasteiger partial charge in [-0.1, -0.05) is 23.9 Å². The molecule has 0 aliphatic heterocycles. The van der Waals surface area contributed by atoms with Gasteiger partial charge in [-0.25, -0.2) is 15.0 Å². The Kier molecular flexibility index (Phi) is 4.21. The van der Waals surface area contributed by atoms with Crippen LogP contribution < -0.4 is 0 Å². The number of imidazole rings is 1.